The van der Waals surface area contributed by atoms with Crippen LogP contribution in [-0.2, 0) is 0 Å². The predicted molar refractivity (Wildman–Crippen MR) is 67.0 cm³/mol. The lowest BCUT2D eigenvalue weighted by Crippen LogP contribution is -2.40. The van der Waals surface area contributed by atoms with Gasteiger partial charge in [0, 0.05) is 30.8 Å². The van der Waals surface area contributed by atoms with E-state index in [0.717, 1.165) is 18.2 Å². The molecule has 3 nitrogen and oxygen atoms in total. The van der Waals surface area contributed by atoms with Crippen LogP contribution < -0.4 is 11.1 Å². The number of nitrogens with two attached hydrogens (primary N) is 1. The normalized spacial score (nSPS) is 16.3. The Kier molecular flexibility index (Phi) is 5.65. The van der Waals surface area contributed by atoms with Crippen molar-refractivity contribution in [3.8, 4) is 0 Å². The highest BCUT2D eigenvalue weighted by molar-refractivity contribution is 5.22. The van der Waals surface area contributed by atoms with Gasteiger partial charge in [-0.05, 0) is 31.0 Å². The molecule has 0 saturated carbocycles. The Morgan fingerprint density at radius 3 is 2.56 bits per heavy atom. The molecular weight excluding hydrogens is 238 g/mol. The van der Waals surface area contributed by atoms with Crippen LogP contribution in [-0.4, -0.2) is 24.3 Å². The molecule has 0 aromatic heterocycles. The Hall–Kier alpha value is -1.04. The second-order valence-corrected chi connectivity index (χ2v) is 4.57. The van der Waals surface area contributed by atoms with Gasteiger partial charge in [-0.3, -0.25) is 0 Å². The van der Waals surface area contributed by atoms with Crippen molar-refractivity contribution in [1.29, 1.82) is 0 Å². The molecule has 0 radical (unpaired) electrons. The molecule has 0 fully saturated rings. The Morgan fingerprint density at radius 1 is 1.33 bits per heavy atom. The summed E-state index contributed by atoms with van der Waals surface area (Å²) in [7, 11) is 0. The third-order valence-corrected chi connectivity index (χ3v) is 3.17. The lowest BCUT2D eigenvalue weighted by molar-refractivity contribution is 0.201. The number of rotatable bonds is 6. The molecule has 5 heteroatoms. The van der Waals surface area contributed by atoms with E-state index in [2.05, 4.69) is 5.32 Å². The quantitative estimate of drug-likeness (QED) is 0.726. The average molecular weight is 258 g/mol. The van der Waals surface area contributed by atoms with Gasteiger partial charge in [0.1, 0.15) is 11.6 Å². The van der Waals surface area contributed by atoms with Crippen molar-refractivity contribution in [2.45, 2.75) is 25.9 Å². The first-order chi connectivity index (χ1) is 8.49. The van der Waals surface area contributed by atoms with Crippen LogP contribution in [0.15, 0.2) is 18.2 Å². The van der Waals surface area contributed by atoms with Crippen LogP contribution in [0.4, 0.5) is 8.78 Å². The summed E-state index contributed by atoms with van der Waals surface area (Å²) in [5, 5.41) is 12.2. The fourth-order valence-corrected chi connectivity index (χ4v) is 1.71. The number of aliphatic hydroxyl groups excluding tert-OH is 1. The molecule has 4 N–H and O–H groups in total. The lowest BCUT2D eigenvalue weighted by atomic mass is 10.0. The van der Waals surface area contributed by atoms with Gasteiger partial charge >= 0.3 is 0 Å². The fraction of sp³-hybridized carbons (Fsp3) is 0.538. The van der Waals surface area contributed by atoms with Gasteiger partial charge in [0.2, 0.25) is 0 Å². The summed E-state index contributed by atoms with van der Waals surface area (Å²) in [5.74, 6) is -0.964. The van der Waals surface area contributed by atoms with E-state index in [9.17, 15) is 8.78 Å². The second-order valence-electron chi connectivity index (χ2n) is 4.57. The van der Waals surface area contributed by atoms with E-state index in [-0.39, 0.29) is 30.7 Å². The smallest absolute Gasteiger partial charge is 0.128 e. The zero-order chi connectivity index (χ0) is 13.7. The van der Waals surface area contributed by atoms with E-state index >= 15 is 0 Å². The van der Waals surface area contributed by atoms with Gasteiger partial charge in [-0.15, -0.1) is 0 Å². The van der Waals surface area contributed by atoms with E-state index in [4.69, 9.17) is 10.8 Å². The molecule has 18 heavy (non-hydrogen) atoms. The van der Waals surface area contributed by atoms with Crippen LogP contribution in [0.25, 0.3) is 0 Å². The van der Waals surface area contributed by atoms with Gasteiger partial charge in [-0.1, -0.05) is 6.92 Å². The van der Waals surface area contributed by atoms with E-state index < -0.39 is 17.7 Å². The SMILES string of the molecule is CC(CO)C(C)NC(CN)c1cc(F)ccc1F. The number of halogens is 2. The average Bonchev–Trinajstić information content (AvgIpc) is 2.37. The Labute approximate surface area is 106 Å². The van der Waals surface area contributed by atoms with Crippen molar-refractivity contribution in [3.63, 3.8) is 0 Å². The van der Waals surface area contributed by atoms with Gasteiger partial charge in [0.25, 0.3) is 0 Å². The molecule has 0 aliphatic rings. The minimum Gasteiger partial charge on any atom is -0.396 e. The van der Waals surface area contributed by atoms with E-state index in [1.807, 2.05) is 13.8 Å². The molecule has 0 aliphatic carbocycles. The number of nitrogens with one attached hydrogen (secondary N) is 1. The standard InChI is InChI=1S/C13H20F2N2O/c1-8(7-18)9(2)17-13(6-16)11-5-10(14)3-4-12(11)15/h3-5,8-9,13,17-18H,6-7,16H2,1-2H3. The molecule has 0 bridgehead atoms. The molecule has 1 rings (SSSR count). The highest BCUT2D eigenvalue weighted by atomic mass is 19.1. The topological polar surface area (TPSA) is 58.3 Å². The molecule has 0 spiro atoms. The van der Waals surface area contributed by atoms with Crippen LogP contribution in [0.1, 0.15) is 25.5 Å². The van der Waals surface area contributed by atoms with Crippen molar-refractivity contribution in [1.82, 2.24) is 5.32 Å². The summed E-state index contributed by atoms with van der Waals surface area (Å²) in [5.41, 5.74) is 5.82. The van der Waals surface area contributed by atoms with Crippen LogP contribution in [0.3, 0.4) is 0 Å². The summed E-state index contributed by atoms with van der Waals surface area (Å²) in [6.45, 7) is 3.92. The van der Waals surface area contributed by atoms with Crippen molar-refractivity contribution in [3.05, 3.63) is 35.4 Å². The van der Waals surface area contributed by atoms with Crippen molar-refractivity contribution in [2.24, 2.45) is 11.7 Å². The zero-order valence-electron chi connectivity index (χ0n) is 10.7. The number of aliphatic hydroxyl groups is 1. The monoisotopic (exact) mass is 258 g/mol. The van der Waals surface area contributed by atoms with Gasteiger partial charge in [0.15, 0.2) is 0 Å². The Morgan fingerprint density at radius 2 is 2.00 bits per heavy atom. The summed E-state index contributed by atoms with van der Waals surface area (Å²) in [6, 6.07) is 2.80. The highest BCUT2D eigenvalue weighted by Gasteiger charge is 2.19. The maximum Gasteiger partial charge on any atom is 0.128 e. The van der Waals surface area contributed by atoms with Gasteiger partial charge in [0.05, 0.1) is 0 Å². The molecule has 0 saturated heterocycles. The summed E-state index contributed by atoms with van der Waals surface area (Å²) in [6.07, 6.45) is 0. The molecule has 3 unspecified atom stereocenters. The highest BCUT2D eigenvalue weighted by Crippen LogP contribution is 2.19. The lowest BCUT2D eigenvalue weighted by Gasteiger charge is -2.26. The first-order valence-electron chi connectivity index (χ1n) is 6.01. The predicted octanol–water partition coefficient (Wildman–Crippen LogP) is 1.57. The Bertz CT molecular complexity index is 387. The number of hydrogen-bond donors (Lipinski definition) is 3. The third kappa shape index (κ3) is 3.73. The maximum absolute atomic E-state index is 13.6. The van der Waals surface area contributed by atoms with Gasteiger partial charge in [-0.2, -0.15) is 0 Å². The molecule has 102 valence electrons. The first-order valence-corrected chi connectivity index (χ1v) is 6.01. The summed E-state index contributed by atoms with van der Waals surface area (Å²) >= 11 is 0. The molecule has 1 aromatic rings. The molecule has 0 heterocycles. The first kappa shape index (κ1) is 15.0. The van der Waals surface area contributed by atoms with Crippen molar-refractivity contribution < 1.29 is 13.9 Å². The fourth-order valence-electron chi connectivity index (χ4n) is 1.71. The molecule has 0 aliphatic heterocycles. The van der Waals surface area contributed by atoms with Crippen LogP contribution in [0.5, 0.6) is 0 Å². The minimum absolute atomic E-state index is 0.00988. The van der Waals surface area contributed by atoms with Gasteiger partial charge < -0.3 is 16.2 Å². The summed E-state index contributed by atoms with van der Waals surface area (Å²) in [4.78, 5) is 0. The third-order valence-electron chi connectivity index (χ3n) is 3.17. The van der Waals surface area contributed by atoms with E-state index in [1.165, 1.54) is 0 Å². The number of hydrogen-bond acceptors (Lipinski definition) is 3. The van der Waals surface area contributed by atoms with Crippen LogP contribution in [0, 0.1) is 17.6 Å². The van der Waals surface area contributed by atoms with Crippen molar-refractivity contribution >= 4 is 0 Å². The molecule has 1 aromatic carbocycles. The maximum atomic E-state index is 13.6. The Balaban J connectivity index is 2.86. The van der Waals surface area contributed by atoms with E-state index in [0.29, 0.717) is 0 Å². The van der Waals surface area contributed by atoms with Crippen LogP contribution >= 0.6 is 0 Å². The van der Waals surface area contributed by atoms with E-state index in [1.54, 1.807) is 0 Å². The molecule has 0 amide bonds. The zero-order valence-corrected chi connectivity index (χ0v) is 10.7. The molecule has 3 atom stereocenters. The largest absolute Gasteiger partial charge is 0.396 e. The number of benzene rings is 1. The van der Waals surface area contributed by atoms with Crippen molar-refractivity contribution in [2.75, 3.05) is 13.2 Å². The second kappa shape index (κ2) is 6.78. The van der Waals surface area contributed by atoms with Gasteiger partial charge in [-0.25, -0.2) is 8.78 Å². The minimum atomic E-state index is -0.491. The molecular formula is C13H20F2N2O. The summed E-state index contributed by atoms with van der Waals surface area (Å²) < 4.78 is 26.8. The van der Waals surface area contributed by atoms with Crippen LogP contribution in [0.2, 0.25) is 0 Å².